The number of ketones is 1. The molecule has 0 amide bonds. The maximum Gasteiger partial charge on any atom is 0.289 e. The van der Waals surface area contributed by atoms with Crippen LogP contribution < -0.4 is 0 Å². The van der Waals surface area contributed by atoms with Gasteiger partial charge in [-0.2, -0.15) is 5.10 Å². The van der Waals surface area contributed by atoms with Crippen molar-refractivity contribution < 1.29 is 9.21 Å². The van der Waals surface area contributed by atoms with Crippen LogP contribution in [-0.2, 0) is 6.54 Å². The fourth-order valence-electron chi connectivity index (χ4n) is 3.51. The molecule has 3 aromatic heterocycles. The van der Waals surface area contributed by atoms with Crippen LogP contribution in [0.2, 0.25) is 10.0 Å². The highest BCUT2D eigenvalue weighted by Crippen LogP contribution is 2.28. The van der Waals surface area contributed by atoms with E-state index in [-0.39, 0.29) is 17.6 Å². The van der Waals surface area contributed by atoms with Gasteiger partial charge in [-0.3, -0.25) is 4.79 Å². The van der Waals surface area contributed by atoms with E-state index in [1.165, 1.54) is 6.20 Å². The molecular weight excluding hydrogens is 449 g/mol. The molecule has 0 spiro atoms. The van der Waals surface area contributed by atoms with E-state index in [9.17, 15) is 4.79 Å². The first-order valence-electron chi connectivity index (χ1n) is 9.69. The summed E-state index contributed by atoms with van der Waals surface area (Å²) in [5, 5.41) is 17.5. The van der Waals surface area contributed by atoms with E-state index < -0.39 is 0 Å². The molecule has 0 fully saturated rings. The Hall–Kier alpha value is -3.55. The number of nitrogens with zero attached hydrogens (tertiary/aromatic N) is 5. The molecule has 32 heavy (non-hydrogen) atoms. The molecule has 2 aromatic carbocycles. The molecule has 158 valence electrons. The second kappa shape index (κ2) is 8.18. The number of carbonyl (C=O) groups excluding carboxylic acids is 1. The molecule has 0 N–H and O–H groups in total. The van der Waals surface area contributed by atoms with Gasteiger partial charge in [0.1, 0.15) is 5.69 Å². The van der Waals surface area contributed by atoms with Crippen LogP contribution in [0.25, 0.3) is 22.5 Å². The van der Waals surface area contributed by atoms with Gasteiger partial charge >= 0.3 is 0 Å². The molecular formula is C23H15Cl2N5O2. The molecule has 0 atom stereocenters. The van der Waals surface area contributed by atoms with Crippen LogP contribution in [0.3, 0.4) is 0 Å². The van der Waals surface area contributed by atoms with Gasteiger partial charge in [-0.25, -0.2) is 0 Å². The van der Waals surface area contributed by atoms with Gasteiger partial charge in [-0.15, -0.1) is 15.3 Å². The minimum Gasteiger partial charge on any atom is -0.412 e. The molecule has 9 heteroatoms. The van der Waals surface area contributed by atoms with Crippen LogP contribution in [0.1, 0.15) is 27.4 Å². The lowest BCUT2D eigenvalue weighted by atomic mass is 10.1. The van der Waals surface area contributed by atoms with Gasteiger partial charge in [0.05, 0.1) is 5.56 Å². The van der Waals surface area contributed by atoms with Crippen LogP contribution in [0.4, 0.5) is 0 Å². The molecule has 5 rings (SSSR count). The Morgan fingerprint density at radius 1 is 1.06 bits per heavy atom. The average Bonchev–Trinajstić information content (AvgIpc) is 3.41. The van der Waals surface area contributed by atoms with Gasteiger partial charge in [-0.1, -0.05) is 40.9 Å². The van der Waals surface area contributed by atoms with Gasteiger partial charge in [0, 0.05) is 39.9 Å². The van der Waals surface area contributed by atoms with E-state index in [2.05, 4.69) is 20.4 Å². The van der Waals surface area contributed by atoms with Crippen molar-refractivity contribution in [2.24, 2.45) is 0 Å². The van der Waals surface area contributed by atoms with E-state index >= 15 is 0 Å². The van der Waals surface area contributed by atoms with E-state index in [0.717, 1.165) is 22.0 Å². The summed E-state index contributed by atoms with van der Waals surface area (Å²) in [6.45, 7) is 2.44. The Morgan fingerprint density at radius 3 is 2.72 bits per heavy atom. The van der Waals surface area contributed by atoms with Gasteiger partial charge < -0.3 is 8.98 Å². The fourth-order valence-corrected chi connectivity index (χ4v) is 3.97. The van der Waals surface area contributed by atoms with Crippen molar-refractivity contribution in [2.45, 2.75) is 13.5 Å². The fraction of sp³-hybridized carbons (Fsp3) is 0.0870. The molecule has 5 aromatic rings. The number of aromatic nitrogens is 5. The van der Waals surface area contributed by atoms with Gasteiger partial charge in [0.15, 0.2) is 0 Å². The Balaban J connectivity index is 1.56. The lowest BCUT2D eigenvalue weighted by Crippen LogP contribution is -2.02. The summed E-state index contributed by atoms with van der Waals surface area (Å²) in [6, 6.07) is 14.7. The second-order valence-corrected chi connectivity index (χ2v) is 8.12. The van der Waals surface area contributed by atoms with Crippen LogP contribution in [-0.4, -0.2) is 30.7 Å². The molecule has 0 saturated heterocycles. The summed E-state index contributed by atoms with van der Waals surface area (Å²) in [6.07, 6.45) is 3.32. The van der Waals surface area contributed by atoms with Crippen molar-refractivity contribution in [3.8, 4) is 11.6 Å². The first kappa shape index (κ1) is 20.4. The van der Waals surface area contributed by atoms with Crippen molar-refractivity contribution >= 4 is 39.9 Å². The molecule has 7 nitrogen and oxygen atoms in total. The number of rotatable bonds is 5. The summed E-state index contributed by atoms with van der Waals surface area (Å²) in [5.74, 6) is -0.353. The number of hydrogen-bond acceptors (Lipinski definition) is 6. The topological polar surface area (TPSA) is 86.7 Å². The SMILES string of the molecule is Cc1ccc2c(c1)c(C(=O)c1nnc(-c3cccnn3)o1)cn2Cc1ccc(Cl)cc1Cl. The number of fused-ring (bicyclic) bond motifs is 1. The Labute approximate surface area is 192 Å². The van der Waals surface area contributed by atoms with Crippen molar-refractivity contribution in [2.75, 3.05) is 0 Å². The zero-order chi connectivity index (χ0) is 22.2. The lowest BCUT2D eigenvalue weighted by molar-refractivity contribution is 0.100. The van der Waals surface area contributed by atoms with Crippen molar-refractivity contribution in [3.63, 3.8) is 0 Å². The maximum absolute atomic E-state index is 13.3. The smallest absolute Gasteiger partial charge is 0.289 e. The zero-order valence-corrected chi connectivity index (χ0v) is 18.3. The predicted molar refractivity (Wildman–Crippen MR) is 121 cm³/mol. The molecule has 0 saturated carbocycles. The summed E-state index contributed by atoms with van der Waals surface area (Å²) in [5.41, 5.74) is 3.66. The van der Waals surface area contributed by atoms with E-state index in [1.807, 2.05) is 35.8 Å². The maximum atomic E-state index is 13.3. The number of carbonyl (C=O) groups is 1. The predicted octanol–water partition coefficient (Wildman–Crippen LogP) is 5.38. The van der Waals surface area contributed by atoms with Crippen LogP contribution >= 0.6 is 23.2 Å². The van der Waals surface area contributed by atoms with Gasteiger partial charge in [0.25, 0.3) is 17.6 Å². The standard InChI is InChI=1S/C23H15Cl2N5O2/c1-13-4-7-20-16(9-13)17(12-30(20)11-14-5-6-15(24)10-18(14)25)21(31)23-29-28-22(32-23)19-3-2-8-26-27-19/h2-10,12H,11H2,1H3. The summed E-state index contributed by atoms with van der Waals surface area (Å²) in [4.78, 5) is 13.3. The van der Waals surface area contributed by atoms with Crippen molar-refractivity contribution in [3.05, 3.63) is 93.6 Å². The Bertz CT molecular complexity index is 1460. The first-order valence-corrected chi connectivity index (χ1v) is 10.4. The largest absolute Gasteiger partial charge is 0.412 e. The second-order valence-electron chi connectivity index (χ2n) is 7.28. The monoisotopic (exact) mass is 463 g/mol. The molecule has 3 heterocycles. The normalized spacial score (nSPS) is 11.2. The van der Waals surface area contributed by atoms with Crippen molar-refractivity contribution in [1.82, 2.24) is 25.0 Å². The number of benzene rings is 2. The molecule has 0 radical (unpaired) electrons. The Kier molecular flexibility index (Phi) is 5.20. The third-order valence-corrected chi connectivity index (χ3v) is 5.63. The van der Waals surface area contributed by atoms with E-state index in [1.54, 1.807) is 30.5 Å². The molecule has 0 bridgehead atoms. The Morgan fingerprint density at radius 2 is 1.94 bits per heavy atom. The summed E-state index contributed by atoms with van der Waals surface area (Å²) in [7, 11) is 0. The summed E-state index contributed by atoms with van der Waals surface area (Å²) < 4.78 is 7.57. The molecule has 0 aliphatic rings. The van der Waals surface area contributed by atoms with E-state index in [0.29, 0.717) is 27.8 Å². The highest BCUT2D eigenvalue weighted by Gasteiger charge is 2.23. The van der Waals surface area contributed by atoms with Crippen LogP contribution in [0.5, 0.6) is 0 Å². The van der Waals surface area contributed by atoms with Crippen LogP contribution in [0, 0.1) is 6.92 Å². The third kappa shape index (κ3) is 3.77. The zero-order valence-electron chi connectivity index (χ0n) is 16.8. The molecule has 0 aliphatic heterocycles. The highest BCUT2D eigenvalue weighted by atomic mass is 35.5. The van der Waals surface area contributed by atoms with Gasteiger partial charge in [-0.05, 0) is 48.9 Å². The first-order chi connectivity index (χ1) is 15.5. The average molecular weight is 464 g/mol. The lowest BCUT2D eigenvalue weighted by Gasteiger charge is -2.08. The summed E-state index contributed by atoms with van der Waals surface area (Å²) >= 11 is 12.4. The van der Waals surface area contributed by atoms with E-state index in [4.69, 9.17) is 27.6 Å². The highest BCUT2D eigenvalue weighted by molar-refractivity contribution is 6.35. The van der Waals surface area contributed by atoms with Gasteiger partial charge in [0.2, 0.25) is 0 Å². The number of halogens is 2. The van der Waals surface area contributed by atoms with Crippen LogP contribution in [0.15, 0.2) is 65.3 Å². The quantitative estimate of drug-likeness (QED) is 0.325. The number of hydrogen-bond donors (Lipinski definition) is 0. The minimum atomic E-state index is -0.371. The molecule has 0 unspecified atom stereocenters. The third-order valence-electron chi connectivity index (χ3n) is 5.05. The number of aryl methyl sites for hydroxylation is 1. The minimum absolute atomic E-state index is 0.115. The molecule has 0 aliphatic carbocycles. The van der Waals surface area contributed by atoms with Crippen molar-refractivity contribution in [1.29, 1.82) is 0 Å².